The maximum atomic E-state index is 4.20. The number of halogens is 1. The molecule has 0 fully saturated rings. The second kappa shape index (κ2) is 5.73. The minimum absolute atomic E-state index is 0.175. The summed E-state index contributed by atoms with van der Waals surface area (Å²) in [5.41, 5.74) is 2.52. The SMILES string of the molecule is CNC(c1ccc(Br)cc1)c1cccc2cnccc12. The highest BCUT2D eigenvalue weighted by Gasteiger charge is 2.14. The number of benzene rings is 2. The molecule has 0 amide bonds. The molecule has 0 aliphatic rings. The largest absolute Gasteiger partial charge is 0.309 e. The van der Waals surface area contributed by atoms with Crippen molar-refractivity contribution in [1.82, 2.24) is 10.3 Å². The van der Waals surface area contributed by atoms with E-state index in [9.17, 15) is 0 Å². The first-order valence-electron chi connectivity index (χ1n) is 6.55. The van der Waals surface area contributed by atoms with Crippen LogP contribution in [-0.2, 0) is 0 Å². The Labute approximate surface area is 127 Å². The van der Waals surface area contributed by atoms with Gasteiger partial charge in [-0.05, 0) is 41.8 Å². The molecule has 2 aromatic carbocycles. The van der Waals surface area contributed by atoms with E-state index in [1.807, 2.05) is 19.4 Å². The van der Waals surface area contributed by atoms with Crippen LogP contribution >= 0.6 is 15.9 Å². The number of nitrogens with zero attached hydrogens (tertiary/aromatic N) is 1. The molecule has 2 nitrogen and oxygen atoms in total. The van der Waals surface area contributed by atoms with Crippen molar-refractivity contribution in [2.75, 3.05) is 7.05 Å². The third kappa shape index (κ3) is 2.47. The van der Waals surface area contributed by atoms with Gasteiger partial charge in [0, 0.05) is 22.3 Å². The zero-order chi connectivity index (χ0) is 13.9. The molecule has 3 heteroatoms. The smallest absolute Gasteiger partial charge is 0.0580 e. The number of fused-ring (bicyclic) bond motifs is 1. The van der Waals surface area contributed by atoms with Gasteiger partial charge in [-0.15, -0.1) is 0 Å². The summed E-state index contributed by atoms with van der Waals surface area (Å²) in [4.78, 5) is 4.20. The van der Waals surface area contributed by atoms with E-state index < -0.39 is 0 Å². The monoisotopic (exact) mass is 326 g/mol. The highest BCUT2D eigenvalue weighted by Crippen LogP contribution is 2.29. The maximum Gasteiger partial charge on any atom is 0.0580 e. The Bertz CT molecular complexity index is 717. The lowest BCUT2D eigenvalue weighted by Gasteiger charge is -2.19. The Hall–Kier alpha value is -1.71. The van der Waals surface area contributed by atoms with Crippen LogP contribution in [0.15, 0.2) is 65.4 Å². The van der Waals surface area contributed by atoms with Gasteiger partial charge in [0.15, 0.2) is 0 Å². The van der Waals surface area contributed by atoms with Crippen LogP contribution in [0.5, 0.6) is 0 Å². The molecule has 0 aliphatic heterocycles. The molecular formula is C17H15BrN2. The molecule has 1 heterocycles. The summed E-state index contributed by atoms with van der Waals surface area (Å²) in [6, 6.07) is 17.0. The summed E-state index contributed by atoms with van der Waals surface area (Å²) in [6.45, 7) is 0. The Morgan fingerprint density at radius 2 is 1.85 bits per heavy atom. The highest BCUT2D eigenvalue weighted by atomic mass is 79.9. The molecule has 1 N–H and O–H groups in total. The normalized spacial score (nSPS) is 12.5. The first-order valence-corrected chi connectivity index (χ1v) is 7.34. The van der Waals surface area contributed by atoms with Gasteiger partial charge in [0.1, 0.15) is 0 Å². The van der Waals surface area contributed by atoms with Crippen molar-refractivity contribution in [3.05, 3.63) is 76.5 Å². The van der Waals surface area contributed by atoms with Gasteiger partial charge < -0.3 is 5.32 Å². The Kier molecular flexibility index (Phi) is 3.81. The first kappa shape index (κ1) is 13.3. The quantitative estimate of drug-likeness (QED) is 0.775. The molecule has 3 rings (SSSR count). The molecule has 0 bridgehead atoms. The van der Waals surface area contributed by atoms with Crippen molar-refractivity contribution in [3.8, 4) is 0 Å². The fraction of sp³-hybridized carbons (Fsp3) is 0.118. The van der Waals surface area contributed by atoms with Crippen LogP contribution in [0.1, 0.15) is 17.2 Å². The van der Waals surface area contributed by atoms with Gasteiger partial charge in [0.05, 0.1) is 6.04 Å². The third-order valence-corrected chi connectivity index (χ3v) is 4.05. The lowest BCUT2D eigenvalue weighted by Crippen LogP contribution is -2.17. The molecule has 1 aromatic heterocycles. The van der Waals surface area contributed by atoms with Crippen LogP contribution in [0.4, 0.5) is 0 Å². The first-order chi connectivity index (χ1) is 9.79. The van der Waals surface area contributed by atoms with Gasteiger partial charge >= 0.3 is 0 Å². The number of hydrogen-bond acceptors (Lipinski definition) is 2. The van der Waals surface area contributed by atoms with E-state index in [-0.39, 0.29) is 6.04 Å². The predicted molar refractivity (Wildman–Crippen MR) is 86.8 cm³/mol. The molecule has 0 saturated carbocycles. The average Bonchev–Trinajstić information content (AvgIpc) is 2.50. The molecule has 0 radical (unpaired) electrons. The summed E-state index contributed by atoms with van der Waals surface area (Å²) < 4.78 is 1.10. The maximum absolute atomic E-state index is 4.20. The lowest BCUT2D eigenvalue weighted by molar-refractivity contribution is 0.697. The average molecular weight is 327 g/mol. The van der Waals surface area contributed by atoms with Gasteiger partial charge in [-0.2, -0.15) is 0 Å². The summed E-state index contributed by atoms with van der Waals surface area (Å²) in [7, 11) is 1.99. The van der Waals surface area contributed by atoms with Crippen LogP contribution in [0, 0.1) is 0 Å². The Balaban J connectivity index is 2.14. The number of rotatable bonds is 3. The van der Waals surface area contributed by atoms with Gasteiger partial charge in [-0.25, -0.2) is 0 Å². The van der Waals surface area contributed by atoms with Crippen molar-refractivity contribution in [2.45, 2.75) is 6.04 Å². The van der Waals surface area contributed by atoms with Crippen molar-refractivity contribution in [2.24, 2.45) is 0 Å². The van der Waals surface area contributed by atoms with E-state index in [4.69, 9.17) is 0 Å². The summed E-state index contributed by atoms with van der Waals surface area (Å²) >= 11 is 3.48. The Morgan fingerprint density at radius 1 is 1.05 bits per heavy atom. The molecule has 1 unspecified atom stereocenters. The molecule has 0 aliphatic carbocycles. The summed E-state index contributed by atoms with van der Waals surface area (Å²) in [5.74, 6) is 0. The van der Waals surface area contributed by atoms with Crippen molar-refractivity contribution in [3.63, 3.8) is 0 Å². The number of hydrogen-bond donors (Lipinski definition) is 1. The molecule has 100 valence electrons. The zero-order valence-corrected chi connectivity index (χ0v) is 12.8. The van der Waals surface area contributed by atoms with Crippen LogP contribution in [0.25, 0.3) is 10.8 Å². The minimum atomic E-state index is 0.175. The second-order valence-electron chi connectivity index (χ2n) is 4.72. The van der Waals surface area contributed by atoms with E-state index in [1.165, 1.54) is 21.9 Å². The molecule has 0 spiro atoms. The van der Waals surface area contributed by atoms with E-state index in [1.54, 1.807) is 0 Å². The van der Waals surface area contributed by atoms with Crippen LogP contribution < -0.4 is 5.32 Å². The van der Waals surface area contributed by atoms with E-state index in [2.05, 4.69) is 74.8 Å². The standard InChI is InChI=1S/C17H15BrN2/c1-19-17(12-5-7-14(18)8-6-12)16-4-2-3-13-11-20-10-9-15(13)16/h2-11,17,19H,1H3. The minimum Gasteiger partial charge on any atom is -0.309 e. The van der Waals surface area contributed by atoms with Crippen molar-refractivity contribution in [1.29, 1.82) is 0 Å². The van der Waals surface area contributed by atoms with Crippen LogP contribution in [-0.4, -0.2) is 12.0 Å². The van der Waals surface area contributed by atoms with Crippen molar-refractivity contribution < 1.29 is 0 Å². The lowest BCUT2D eigenvalue weighted by atomic mass is 9.94. The number of aromatic nitrogens is 1. The Morgan fingerprint density at radius 3 is 2.60 bits per heavy atom. The van der Waals surface area contributed by atoms with Crippen LogP contribution in [0.2, 0.25) is 0 Å². The fourth-order valence-electron chi connectivity index (χ4n) is 2.56. The molecule has 1 atom stereocenters. The molecule has 3 aromatic rings. The van der Waals surface area contributed by atoms with Gasteiger partial charge in [-0.3, -0.25) is 4.98 Å². The van der Waals surface area contributed by atoms with Crippen LogP contribution in [0.3, 0.4) is 0 Å². The fourth-order valence-corrected chi connectivity index (χ4v) is 2.82. The van der Waals surface area contributed by atoms with E-state index in [0.717, 1.165) is 4.47 Å². The van der Waals surface area contributed by atoms with E-state index in [0.29, 0.717) is 0 Å². The number of pyridine rings is 1. The topological polar surface area (TPSA) is 24.9 Å². The molecule has 0 saturated heterocycles. The predicted octanol–water partition coefficient (Wildman–Crippen LogP) is 4.31. The van der Waals surface area contributed by atoms with Crippen molar-refractivity contribution >= 4 is 26.7 Å². The summed E-state index contributed by atoms with van der Waals surface area (Å²) in [5, 5.41) is 5.82. The molecular weight excluding hydrogens is 312 g/mol. The van der Waals surface area contributed by atoms with Gasteiger partial charge in [0.2, 0.25) is 0 Å². The summed E-state index contributed by atoms with van der Waals surface area (Å²) in [6.07, 6.45) is 3.76. The van der Waals surface area contributed by atoms with Gasteiger partial charge in [-0.1, -0.05) is 46.3 Å². The van der Waals surface area contributed by atoms with Gasteiger partial charge in [0.25, 0.3) is 0 Å². The zero-order valence-electron chi connectivity index (χ0n) is 11.2. The van der Waals surface area contributed by atoms with E-state index >= 15 is 0 Å². The third-order valence-electron chi connectivity index (χ3n) is 3.52. The molecule has 20 heavy (non-hydrogen) atoms. The second-order valence-corrected chi connectivity index (χ2v) is 5.63. The highest BCUT2D eigenvalue weighted by molar-refractivity contribution is 9.10. The number of nitrogens with one attached hydrogen (secondary N) is 1.